The van der Waals surface area contributed by atoms with Gasteiger partial charge in [-0.1, -0.05) is 82.0 Å². The van der Waals surface area contributed by atoms with Crippen molar-refractivity contribution in [3.8, 4) is 0 Å². The van der Waals surface area contributed by atoms with Crippen LogP contribution in [-0.2, 0) is 6.42 Å². The summed E-state index contributed by atoms with van der Waals surface area (Å²) in [7, 11) is 0. The van der Waals surface area contributed by atoms with E-state index in [1.807, 2.05) is 0 Å². The monoisotopic (exact) mass is 280 g/mol. The number of unbranched alkanes of at least 4 members (excludes halogenated alkanes) is 3. The summed E-state index contributed by atoms with van der Waals surface area (Å²) < 4.78 is 0. The number of allylic oxidation sites excluding steroid dienone is 1. The zero-order valence-corrected chi connectivity index (χ0v) is 13.6. The summed E-state index contributed by atoms with van der Waals surface area (Å²) in [5.41, 5.74) is 3.00. The second-order valence-electron chi connectivity index (χ2n) is 5.90. The Balaban J connectivity index is 2.34. The molecule has 0 heterocycles. The molecule has 1 unspecified atom stereocenters. The minimum Gasteiger partial charge on any atom is -0.102 e. The highest BCUT2D eigenvalue weighted by Gasteiger charge is 2.14. The van der Waals surface area contributed by atoms with Crippen LogP contribution in [0.3, 0.4) is 0 Å². The molecule has 0 fully saturated rings. The summed E-state index contributed by atoms with van der Waals surface area (Å²) in [6.45, 7) is 8.64. The van der Waals surface area contributed by atoms with Gasteiger partial charge in [-0.05, 0) is 34.7 Å². The minimum atomic E-state index is 0.489. The first-order valence-electron chi connectivity index (χ1n) is 8.44. The molecule has 0 aromatic heterocycles. The van der Waals surface area contributed by atoms with Crippen LogP contribution >= 0.6 is 0 Å². The first-order chi connectivity index (χ1) is 10.3. The molecule has 0 spiro atoms. The van der Waals surface area contributed by atoms with Crippen LogP contribution in [0.2, 0.25) is 0 Å². The highest BCUT2D eigenvalue weighted by Crippen LogP contribution is 2.33. The molecule has 0 nitrogen and oxygen atoms in total. The molecular formula is C21H28. The van der Waals surface area contributed by atoms with Crippen molar-refractivity contribution in [3.05, 3.63) is 60.2 Å². The summed E-state index contributed by atoms with van der Waals surface area (Å²) in [6.07, 6.45) is 9.77. The van der Waals surface area contributed by atoms with Gasteiger partial charge < -0.3 is 0 Å². The van der Waals surface area contributed by atoms with Crippen LogP contribution in [0.25, 0.3) is 10.8 Å². The van der Waals surface area contributed by atoms with Crippen molar-refractivity contribution >= 4 is 10.8 Å². The van der Waals surface area contributed by atoms with E-state index in [4.69, 9.17) is 0 Å². The van der Waals surface area contributed by atoms with Gasteiger partial charge in [-0.25, -0.2) is 0 Å². The van der Waals surface area contributed by atoms with Gasteiger partial charge in [-0.2, -0.15) is 0 Å². The van der Waals surface area contributed by atoms with E-state index in [0.29, 0.717) is 5.92 Å². The molecule has 0 heteroatoms. The number of hydrogen-bond acceptors (Lipinski definition) is 0. The van der Waals surface area contributed by atoms with Gasteiger partial charge in [-0.15, -0.1) is 6.58 Å². The smallest absolute Gasteiger partial charge is 0.00241 e. The number of rotatable bonds is 8. The average Bonchev–Trinajstić information content (AvgIpc) is 2.54. The lowest BCUT2D eigenvalue weighted by atomic mass is 9.85. The topological polar surface area (TPSA) is 0 Å². The first kappa shape index (κ1) is 15.8. The largest absolute Gasteiger partial charge is 0.102 e. The number of aryl methyl sites for hydroxylation is 1. The van der Waals surface area contributed by atoms with Gasteiger partial charge >= 0.3 is 0 Å². The second-order valence-corrected chi connectivity index (χ2v) is 5.90. The van der Waals surface area contributed by atoms with Crippen LogP contribution in [0.4, 0.5) is 0 Å². The maximum atomic E-state index is 4.12. The van der Waals surface area contributed by atoms with Gasteiger partial charge in [0.25, 0.3) is 0 Å². The Hall–Kier alpha value is -1.56. The Bertz CT molecular complexity index is 580. The third-order valence-corrected chi connectivity index (χ3v) is 4.47. The maximum Gasteiger partial charge on any atom is 0.00241 e. The molecule has 0 aliphatic carbocycles. The lowest BCUT2D eigenvalue weighted by Gasteiger charge is -2.19. The molecule has 0 aliphatic heterocycles. The van der Waals surface area contributed by atoms with E-state index in [9.17, 15) is 0 Å². The first-order valence-corrected chi connectivity index (χ1v) is 8.44. The SMILES string of the molecule is C=CC(CCCCCC)c1c(CC)ccc2ccccc12. The van der Waals surface area contributed by atoms with Crippen molar-refractivity contribution in [1.29, 1.82) is 0 Å². The molecule has 1 atom stereocenters. The van der Waals surface area contributed by atoms with Crippen LogP contribution in [0, 0.1) is 0 Å². The zero-order valence-electron chi connectivity index (χ0n) is 13.6. The molecule has 21 heavy (non-hydrogen) atoms. The van der Waals surface area contributed by atoms with Crippen molar-refractivity contribution in [2.24, 2.45) is 0 Å². The molecule has 112 valence electrons. The van der Waals surface area contributed by atoms with Crippen LogP contribution in [0.5, 0.6) is 0 Å². The normalized spacial score (nSPS) is 12.5. The third-order valence-electron chi connectivity index (χ3n) is 4.47. The van der Waals surface area contributed by atoms with E-state index < -0.39 is 0 Å². The molecule has 0 N–H and O–H groups in total. The van der Waals surface area contributed by atoms with Crippen LogP contribution < -0.4 is 0 Å². The second kappa shape index (κ2) is 8.02. The fourth-order valence-corrected chi connectivity index (χ4v) is 3.26. The molecule has 0 saturated heterocycles. The van der Waals surface area contributed by atoms with E-state index >= 15 is 0 Å². The molecule has 2 aromatic carbocycles. The van der Waals surface area contributed by atoms with Gasteiger partial charge in [0.15, 0.2) is 0 Å². The fourth-order valence-electron chi connectivity index (χ4n) is 3.26. The van der Waals surface area contributed by atoms with Crippen molar-refractivity contribution in [2.75, 3.05) is 0 Å². The lowest BCUT2D eigenvalue weighted by Crippen LogP contribution is -2.02. The lowest BCUT2D eigenvalue weighted by molar-refractivity contribution is 0.604. The van der Waals surface area contributed by atoms with E-state index in [1.165, 1.54) is 54.0 Å². The standard InChI is InChI=1S/C21H28/c1-4-7-8-9-12-17(5-2)21-18(6-3)15-16-19-13-10-11-14-20(19)21/h5,10-11,13-17H,2,4,6-9,12H2,1,3H3. The molecule has 0 saturated carbocycles. The van der Waals surface area contributed by atoms with Crippen LogP contribution in [0.1, 0.15) is 63.0 Å². The van der Waals surface area contributed by atoms with Gasteiger partial charge in [0, 0.05) is 5.92 Å². The van der Waals surface area contributed by atoms with Gasteiger partial charge in [0.05, 0.1) is 0 Å². The maximum absolute atomic E-state index is 4.12. The van der Waals surface area contributed by atoms with Crippen molar-refractivity contribution in [2.45, 2.75) is 58.3 Å². The quantitative estimate of drug-likeness (QED) is 0.375. The van der Waals surface area contributed by atoms with E-state index in [-0.39, 0.29) is 0 Å². The van der Waals surface area contributed by atoms with Gasteiger partial charge in [0.1, 0.15) is 0 Å². The summed E-state index contributed by atoms with van der Waals surface area (Å²) in [4.78, 5) is 0. The number of fused-ring (bicyclic) bond motifs is 1. The Morgan fingerprint density at radius 3 is 2.52 bits per heavy atom. The number of hydrogen-bond donors (Lipinski definition) is 0. The predicted octanol–water partition coefficient (Wildman–Crippen LogP) is 6.64. The molecule has 2 rings (SSSR count). The van der Waals surface area contributed by atoms with Crippen LogP contribution in [-0.4, -0.2) is 0 Å². The highest BCUT2D eigenvalue weighted by molar-refractivity contribution is 5.87. The van der Waals surface area contributed by atoms with Crippen molar-refractivity contribution in [1.82, 2.24) is 0 Å². The summed E-state index contributed by atoms with van der Waals surface area (Å²) >= 11 is 0. The fraction of sp³-hybridized carbons (Fsp3) is 0.429. The van der Waals surface area contributed by atoms with E-state index in [0.717, 1.165) is 6.42 Å². The van der Waals surface area contributed by atoms with Gasteiger partial charge in [0.2, 0.25) is 0 Å². The molecule has 0 radical (unpaired) electrons. The predicted molar refractivity (Wildman–Crippen MR) is 95.0 cm³/mol. The Morgan fingerprint density at radius 1 is 1.00 bits per heavy atom. The summed E-state index contributed by atoms with van der Waals surface area (Å²) in [5, 5.41) is 2.77. The zero-order chi connectivity index (χ0) is 15.1. The van der Waals surface area contributed by atoms with Crippen LogP contribution in [0.15, 0.2) is 49.1 Å². The Morgan fingerprint density at radius 2 is 1.81 bits per heavy atom. The van der Waals surface area contributed by atoms with E-state index in [1.54, 1.807) is 0 Å². The third kappa shape index (κ3) is 3.75. The Kier molecular flexibility index (Phi) is 6.04. The van der Waals surface area contributed by atoms with E-state index in [2.05, 4.69) is 62.9 Å². The molecule has 2 aromatic rings. The summed E-state index contributed by atoms with van der Waals surface area (Å²) in [6, 6.07) is 13.3. The molecule has 0 bridgehead atoms. The number of benzene rings is 2. The Labute approximate surface area is 129 Å². The highest BCUT2D eigenvalue weighted by atomic mass is 14.2. The van der Waals surface area contributed by atoms with Gasteiger partial charge in [-0.3, -0.25) is 0 Å². The minimum absolute atomic E-state index is 0.489. The summed E-state index contributed by atoms with van der Waals surface area (Å²) in [5.74, 6) is 0.489. The molecular weight excluding hydrogens is 252 g/mol. The average molecular weight is 280 g/mol. The van der Waals surface area contributed by atoms with Crippen molar-refractivity contribution in [3.63, 3.8) is 0 Å². The molecule has 0 aliphatic rings. The van der Waals surface area contributed by atoms with Crippen molar-refractivity contribution < 1.29 is 0 Å². The molecule has 0 amide bonds.